The molecule has 1 unspecified atom stereocenters. The van der Waals surface area contributed by atoms with Crippen molar-refractivity contribution in [1.29, 1.82) is 0 Å². The molecule has 2 aromatic rings. The van der Waals surface area contributed by atoms with Crippen LogP contribution in [0.1, 0.15) is 25.5 Å². The number of methoxy groups -OCH3 is 1. The van der Waals surface area contributed by atoms with Crippen molar-refractivity contribution in [3.05, 3.63) is 59.7 Å². The summed E-state index contributed by atoms with van der Waals surface area (Å²) in [4.78, 5) is 14.1. The largest absolute Gasteiger partial charge is 0.497 e. The van der Waals surface area contributed by atoms with Crippen molar-refractivity contribution in [2.24, 2.45) is 0 Å². The van der Waals surface area contributed by atoms with Gasteiger partial charge in [0.2, 0.25) is 0 Å². The van der Waals surface area contributed by atoms with Gasteiger partial charge < -0.3 is 14.4 Å². The van der Waals surface area contributed by atoms with Crippen LogP contribution in [0.2, 0.25) is 0 Å². The predicted molar refractivity (Wildman–Crippen MR) is 90.6 cm³/mol. The Hall–Kier alpha value is -2.63. The Balaban J connectivity index is 2.06. The van der Waals surface area contributed by atoms with Gasteiger partial charge in [-0.2, -0.15) is 0 Å². The number of likely N-dealkylation sites (N-methyl/N-ethyl adjacent to an activating group) is 1. The Kier molecular flexibility index (Phi) is 6.33. The molecule has 0 heterocycles. The molecule has 0 spiro atoms. The van der Waals surface area contributed by atoms with E-state index in [-0.39, 0.29) is 24.3 Å². The Bertz CT molecular complexity index is 736. The molecular formula is C19H21F2NO3. The Morgan fingerprint density at radius 3 is 2.60 bits per heavy atom. The van der Waals surface area contributed by atoms with Gasteiger partial charge >= 0.3 is 0 Å². The molecule has 2 rings (SSSR count). The van der Waals surface area contributed by atoms with Crippen molar-refractivity contribution in [1.82, 2.24) is 4.90 Å². The van der Waals surface area contributed by atoms with Crippen LogP contribution in [0, 0.1) is 11.6 Å². The summed E-state index contributed by atoms with van der Waals surface area (Å²) in [5, 5.41) is 0. The first-order chi connectivity index (χ1) is 12.0. The molecule has 1 atom stereocenters. The van der Waals surface area contributed by atoms with Gasteiger partial charge in [-0.05, 0) is 43.7 Å². The normalized spacial score (nSPS) is 11.7. The Morgan fingerprint density at radius 2 is 1.96 bits per heavy atom. The first kappa shape index (κ1) is 18.7. The summed E-state index contributed by atoms with van der Waals surface area (Å²) in [5.41, 5.74) is 0.919. The number of rotatable bonds is 7. The number of halogens is 2. The van der Waals surface area contributed by atoms with Crippen LogP contribution in [-0.4, -0.2) is 31.1 Å². The fourth-order valence-electron chi connectivity index (χ4n) is 2.56. The van der Waals surface area contributed by atoms with Gasteiger partial charge in [-0.15, -0.1) is 0 Å². The molecule has 1 amide bonds. The van der Waals surface area contributed by atoms with Crippen molar-refractivity contribution in [3.8, 4) is 11.5 Å². The lowest BCUT2D eigenvalue weighted by molar-refractivity contribution is -0.135. The molecule has 0 radical (unpaired) electrons. The molecule has 0 fully saturated rings. The number of benzene rings is 2. The second-order valence-corrected chi connectivity index (χ2v) is 5.50. The van der Waals surface area contributed by atoms with E-state index >= 15 is 0 Å². The van der Waals surface area contributed by atoms with E-state index in [9.17, 15) is 13.6 Å². The van der Waals surface area contributed by atoms with E-state index in [4.69, 9.17) is 9.47 Å². The molecule has 0 aliphatic heterocycles. The molecule has 0 aliphatic carbocycles. The van der Waals surface area contributed by atoms with Gasteiger partial charge in [-0.3, -0.25) is 4.79 Å². The van der Waals surface area contributed by atoms with Gasteiger partial charge in [0.15, 0.2) is 18.2 Å². The highest BCUT2D eigenvalue weighted by Crippen LogP contribution is 2.24. The number of carbonyl (C=O) groups is 1. The van der Waals surface area contributed by atoms with Crippen LogP contribution in [0.4, 0.5) is 8.78 Å². The zero-order valence-electron chi connectivity index (χ0n) is 14.5. The zero-order chi connectivity index (χ0) is 18.4. The average molecular weight is 349 g/mol. The van der Waals surface area contributed by atoms with Crippen molar-refractivity contribution < 1.29 is 23.0 Å². The van der Waals surface area contributed by atoms with Crippen molar-refractivity contribution in [3.63, 3.8) is 0 Å². The summed E-state index contributed by atoms with van der Waals surface area (Å²) in [6, 6.07) is 10.2. The Labute approximate surface area is 146 Å². The summed E-state index contributed by atoms with van der Waals surface area (Å²) in [5.74, 6) is -1.27. The molecule has 2 aromatic carbocycles. The van der Waals surface area contributed by atoms with Crippen LogP contribution in [-0.2, 0) is 4.79 Å². The minimum absolute atomic E-state index is 0.153. The van der Waals surface area contributed by atoms with Crippen LogP contribution in [0.5, 0.6) is 11.5 Å². The molecular weight excluding hydrogens is 328 g/mol. The minimum Gasteiger partial charge on any atom is -0.497 e. The molecule has 0 saturated carbocycles. The number of hydrogen-bond acceptors (Lipinski definition) is 3. The molecule has 0 aromatic heterocycles. The first-order valence-electron chi connectivity index (χ1n) is 7.97. The van der Waals surface area contributed by atoms with E-state index in [0.717, 1.165) is 17.7 Å². The average Bonchev–Trinajstić information content (AvgIpc) is 2.61. The smallest absolute Gasteiger partial charge is 0.261 e. The summed E-state index contributed by atoms with van der Waals surface area (Å²) < 4.78 is 36.9. The maximum atomic E-state index is 13.6. The number of nitrogens with zero attached hydrogens (tertiary/aromatic N) is 1. The van der Waals surface area contributed by atoms with Crippen molar-refractivity contribution >= 4 is 5.91 Å². The molecule has 134 valence electrons. The highest BCUT2D eigenvalue weighted by atomic mass is 19.1. The summed E-state index contributed by atoms with van der Waals surface area (Å²) in [6.45, 7) is 3.89. The van der Waals surface area contributed by atoms with Gasteiger partial charge in [0, 0.05) is 12.6 Å². The molecule has 0 bridgehead atoms. The SMILES string of the molecule is CCN(C(=O)COc1ccc(F)cc1F)C(C)c1cccc(OC)c1. The van der Waals surface area contributed by atoms with E-state index in [1.165, 1.54) is 6.07 Å². The fourth-order valence-corrected chi connectivity index (χ4v) is 2.56. The number of amides is 1. The highest BCUT2D eigenvalue weighted by Gasteiger charge is 2.21. The van der Waals surface area contributed by atoms with Gasteiger partial charge in [-0.25, -0.2) is 8.78 Å². The summed E-state index contributed by atoms with van der Waals surface area (Å²) >= 11 is 0. The molecule has 0 saturated heterocycles. The summed E-state index contributed by atoms with van der Waals surface area (Å²) in [7, 11) is 1.58. The van der Waals surface area contributed by atoms with E-state index in [0.29, 0.717) is 12.3 Å². The summed E-state index contributed by atoms with van der Waals surface area (Å²) in [6.07, 6.45) is 0. The lowest BCUT2D eigenvalue weighted by atomic mass is 10.1. The molecule has 25 heavy (non-hydrogen) atoms. The second-order valence-electron chi connectivity index (χ2n) is 5.50. The third-order valence-corrected chi connectivity index (χ3v) is 3.95. The number of ether oxygens (including phenoxy) is 2. The van der Waals surface area contributed by atoms with E-state index in [2.05, 4.69) is 0 Å². The van der Waals surface area contributed by atoms with Crippen LogP contribution in [0.3, 0.4) is 0 Å². The van der Waals surface area contributed by atoms with Crippen LogP contribution >= 0.6 is 0 Å². The highest BCUT2D eigenvalue weighted by molar-refractivity contribution is 5.78. The third-order valence-electron chi connectivity index (χ3n) is 3.95. The van der Waals surface area contributed by atoms with Crippen LogP contribution in [0.25, 0.3) is 0 Å². The Morgan fingerprint density at radius 1 is 1.20 bits per heavy atom. The molecule has 4 nitrogen and oxygen atoms in total. The standard InChI is InChI=1S/C19H21F2NO3/c1-4-22(13(2)14-6-5-7-16(10-14)24-3)19(23)12-25-18-9-8-15(20)11-17(18)21/h5-11,13H,4,12H2,1-3H3. The first-order valence-corrected chi connectivity index (χ1v) is 7.97. The second kappa shape index (κ2) is 8.46. The fraction of sp³-hybridized carbons (Fsp3) is 0.316. The van der Waals surface area contributed by atoms with Crippen molar-refractivity contribution in [2.75, 3.05) is 20.3 Å². The molecule has 0 aliphatic rings. The quantitative estimate of drug-likeness (QED) is 0.759. The van der Waals surface area contributed by atoms with Gasteiger partial charge in [-0.1, -0.05) is 12.1 Å². The van der Waals surface area contributed by atoms with E-state index in [1.54, 1.807) is 12.0 Å². The predicted octanol–water partition coefficient (Wildman–Crippen LogP) is 3.96. The zero-order valence-corrected chi connectivity index (χ0v) is 14.5. The third kappa shape index (κ3) is 4.68. The van der Waals surface area contributed by atoms with Gasteiger partial charge in [0.1, 0.15) is 11.6 Å². The topological polar surface area (TPSA) is 38.8 Å². The lowest BCUT2D eigenvalue weighted by Crippen LogP contribution is -2.37. The van der Waals surface area contributed by atoms with Gasteiger partial charge in [0.05, 0.1) is 13.2 Å². The van der Waals surface area contributed by atoms with Gasteiger partial charge in [0.25, 0.3) is 5.91 Å². The monoisotopic (exact) mass is 349 g/mol. The van der Waals surface area contributed by atoms with E-state index < -0.39 is 11.6 Å². The number of carbonyl (C=O) groups excluding carboxylic acids is 1. The minimum atomic E-state index is -0.836. The lowest BCUT2D eigenvalue weighted by Gasteiger charge is -2.28. The maximum Gasteiger partial charge on any atom is 0.261 e. The van der Waals surface area contributed by atoms with Crippen LogP contribution in [0.15, 0.2) is 42.5 Å². The molecule has 6 heteroatoms. The van der Waals surface area contributed by atoms with Crippen molar-refractivity contribution in [2.45, 2.75) is 19.9 Å². The van der Waals surface area contributed by atoms with Crippen LogP contribution < -0.4 is 9.47 Å². The maximum absolute atomic E-state index is 13.6. The van der Waals surface area contributed by atoms with E-state index in [1.807, 2.05) is 38.1 Å². The molecule has 0 N–H and O–H groups in total. The number of hydrogen-bond donors (Lipinski definition) is 0.